The first-order valence-corrected chi connectivity index (χ1v) is 6.99. The molecule has 0 heterocycles. The van der Waals surface area contributed by atoms with Crippen molar-refractivity contribution in [1.29, 1.82) is 0 Å². The Labute approximate surface area is 108 Å². The Hall–Kier alpha value is -0.990. The average molecular weight is 275 g/mol. The van der Waals surface area contributed by atoms with E-state index in [0.717, 1.165) is 18.7 Å². The Morgan fingerprint density at radius 1 is 1.28 bits per heavy atom. The van der Waals surface area contributed by atoms with Gasteiger partial charge in [0.1, 0.15) is 0 Å². The molecule has 0 saturated carbocycles. The number of hydrogen-bond donors (Lipinski definition) is 3. The van der Waals surface area contributed by atoms with Gasteiger partial charge in [0, 0.05) is 19.6 Å². The first-order valence-electron chi connectivity index (χ1n) is 5.55. The highest BCUT2D eigenvalue weighted by atomic mass is 32.2. The van der Waals surface area contributed by atoms with Crippen molar-refractivity contribution in [3.05, 3.63) is 29.8 Å². The van der Waals surface area contributed by atoms with Crippen molar-refractivity contribution in [2.24, 2.45) is 11.6 Å². The van der Waals surface area contributed by atoms with Crippen LogP contribution in [-0.4, -0.2) is 37.6 Å². The third kappa shape index (κ3) is 7.36. The van der Waals surface area contributed by atoms with Crippen LogP contribution in [0.3, 0.4) is 0 Å². The predicted octanol–water partition coefficient (Wildman–Crippen LogP) is 0.382. The van der Waals surface area contributed by atoms with Crippen molar-refractivity contribution in [3.63, 3.8) is 0 Å². The molecule has 0 atom stereocenters. The molecule has 104 valence electrons. The number of rotatable bonds is 4. The molecule has 1 rings (SSSR count). The van der Waals surface area contributed by atoms with Gasteiger partial charge in [-0.15, -0.1) is 0 Å². The normalized spacial score (nSPS) is 11.0. The second-order valence-electron chi connectivity index (χ2n) is 3.71. The van der Waals surface area contributed by atoms with E-state index in [2.05, 4.69) is 0 Å². The molecular formula is C11H21N3O3S. The van der Waals surface area contributed by atoms with Crippen molar-refractivity contribution in [3.8, 4) is 0 Å². The summed E-state index contributed by atoms with van der Waals surface area (Å²) in [6.07, 6.45) is 0. The lowest BCUT2D eigenvalue weighted by molar-refractivity contribution is 0.308. The maximum atomic E-state index is 10.5. The highest BCUT2D eigenvalue weighted by Crippen LogP contribution is 2.08. The Kier molecular flexibility index (Phi) is 7.72. The van der Waals surface area contributed by atoms with Gasteiger partial charge in [-0.05, 0) is 19.1 Å². The van der Waals surface area contributed by atoms with Crippen molar-refractivity contribution in [2.45, 2.75) is 18.7 Å². The average Bonchev–Trinajstić information content (AvgIpc) is 2.29. The Morgan fingerprint density at radius 2 is 1.78 bits per heavy atom. The minimum Gasteiger partial charge on any atom is -0.329 e. The first-order chi connectivity index (χ1) is 8.31. The minimum atomic E-state index is -4.02. The third-order valence-electron chi connectivity index (χ3n) is 2.14. The molecule has 0 aromatic heterocycles. The van der Waals surface area contributed by atoms with Crippen LogP contribution in [0.2, 0.25) is 0 Å². The van der Waals surface area contributed by atoms with E-state index in [9.17, 15) is 8.42 Å². The lowest BCUT2D eigenvalue weighted by Gasteiger charge is -2.09. The van der Waals surface area contributed by atoms with Crippen LogP contribution in [0.25, 0.3) is 0 Å². The quantitative estimate of drug-likeness (QED) is 0.416. The highest BCUT2D eigenvalue weighted by Gasteiger charge is 2.06. The Balaban J connectivity index is 0.000000360. The van der Waals surface area contributed by atoms with E-state index < -0.39 is 10.1 Å². The van der Waals surface area contributed by atoms with Gasteiger partial charge in [-0.2, -0.15) is 8.42 Å². The van der Waals surface area contributed by atoms with Crippen LogP contribution in [-0.2, 0) is 10.1 Å². The van der Waals surface area contributed by atoms with Crippen LogP contribution in [0.15, 0.2) is 29.2 Å². The molecule has 0 amide bonds. The largest absolute Gasteiger partial charge is 0.329 e. The third-order valence-corrected chi connectivity index (χ3v) is 3.01. The fourth-order valence-electron chi connectivity index (χ4n) is 1.03. The van der Waals surface area contributed by atoms with E-state index in [-0.39, 0.29) is 4.90 Å². The number of hydrogen-bond acceptors (Lipinski definition) is 5. The number of nitrogens with two attached hydrogens (primary N) is 2. The van der Waals surface area contributed by atoms with Gasteiger partial charge in [-0.25, -0.2) is 5.01 Å². The summed E-state index contributed by atoms with van der Waals surface area (Å²) in [4.78, 5) is -0.0666. The van der Waals surface area contributed by atoms with Gasteiger partial charge in [0.25, 0.3) is 10.1 Å². The minimum absolute atomic E-state index is 0.0666. The van der Waals surface area contributed by atoms with E-state index in [4.69, 9.17) is 16.1 Å². The first kappa shape index (κ1) is 17.0. The summed E-state index contributed by atoms with van der Waals surface area (Å²) < 4.78 is 29.6. The van der Waals surface area contributed by atoms with Gasteiger partial charge >= 0.3 is 0 Å². The Bertz CT molecular complexity index is 431. The van der Waals surface area contributed by atoms with E-state index >= 15 is 0 Å². The van der Waals surface area contributed by atoms with E-state index in [1.165, 1.54) is 12.1 Å². The molecule has 0 fully saturated rings. The zero-order chi connectivity index (χ0) is 14.2. The van der Waals surface area contributed by atoms with E-state index in [1.807, 2.05) is 13.8 Å². The standard InChI is InChI=1S/C7H8O3S.C4H13N3/c1-6-2-4-7(5-3-6)11(8,9)10;1-2-7(6)4-3-5/h2-5H,1H3,(H,8,9,10);2-6H2,1H3. The second-order valence-corrected chi connectivity index (χ2v) is 5.13. The van der Waals surface area contributed by atoms with Gasteiger partial charge in [0.15, 0.2) is 0 Å². The van der Waals surface area contributed by atoms with Crippen molar-refractivity contribution in [2.75, 3.05) is 19.6 Å². The molecule has 0 aliphatic rings. The fourth-order valence-corrected chi connectivity index (χ4v) is 1.51. The lowest BCUT2D eigenvalue weighted by Crippen LogP contribution is -2.35. The van der Waals surface area contributed by atoms with E-state index in [0.29, 0.717) is 6.54 Å². The van der Waals surface area contributed by atoms with Gasteiger partial charge in [0.05, 0.1) is 4.90 Å². The molecule has 7 heteroatoms. The van der Waals surface area contributed by atoms with Gasteiger partial charge in [0.2, 0.25) is 0 Å². The molecule has 1 aromatic rings. The van der Waals surface area contributed by atoms with E-state index in [1.54, 1.807) is 17.1 Å². The van der Waals surface area contributed by atoms with Crippen LogP contribution < -0.4 is 11.6 Å². The van der Waals surface area contributed by atoms with Gasteiger partial charge < -0.3 is 5.73 Å². The summed E-state index contributed by atoms with van der Waals surface area (Å²) in [7, 11) is -4.02. The topological polar surface area (TPSA) is 110 Å². The molecule has 0 unspecified atom stereocenters. The predicted molar refractivity (Wildman–Crippen MR) is 71.5 cm³/mol. The SMILES string of the molecule is CCN(N)CCN.Cc1ccc(S(=O)(=O)O)cc1. The summed E-state index contributed by atoms with van der Waals surface area (Å²) in [5, 5.41) is 1.68. The lowest BCUT2D eigenvalue weighted by atomic mass is 10.2. The maximum Gasteiger partial charge on any atom is 0.294 e. The van der Waals surface area contributed by atoms with Crippen molar-refractivity contribution in [1.82, 2.24) is 5.01 Å². The highest BCUT2D eigenvalue weighted by molar-refractivity contribution is 7.85. The summed E-state index contributed by atoms with van der Waals surface area (Å²) in [5.74, 6) is 5.34. The summed E-state index contributed by atoms with van der Waals surface area (Å²) in [5.41, 5.74) is 6.14. The van der Waals surface area contributed by atoms with Crippen molar-refractivity contribution >= 4 is 10.1 Å². The Morgan fingerprint density at radius 3 is 2.06 bits per heavy atom. The molecule has 5 N–H and O–H groups in total. The number of hydrazine groups is 1. The molecule has 18 heavy (non-hydrogen) atoms. The molecule has 0 aliphatic heterocycles. The molecule has 6 nitrogen and oxygen atoms in total. The van der Waals surface area contributed by atoms with Gasteiger partial charge in [-0.3, -0.25) is 10.4 Å². The van der Waals surface area contributed by atoms with Crippen molar-refractivity contribution < 1.29 is 13.0 Å². The number of benzene rings is 1. The zero-order valence-electron chi connectivity index (χ0n) is 10.7. The molecule has 0 spiro atoms. The van der Waals surface area contributed by atoms with Crippen LogP contribution in [0.1, 0.15) is 12.5 Å². The van der Waals surface area contributed by atoms with Crippen LogP contribution >= 0.6 is 0 Å². The molecule has 0 aliphatic carbocycles. The number of aryl methyl sites for hydroxylation is 1. The molecule has 0 radical (unpaired) electrons. The summed E-state index contributed by atoms with van der Waals surface area (Å²) in [6.45, 7) is 6.14. The summed E-state index contributed by atoms with van der Waals surface area (Å²) in [6, 6.07) is 5.99. The second kappa shape index (κ2) is 8.17. The number of likely N-dealkylation sites (N-methyl/N-ethyl adjacent to an activating group) is 1. The van der Waals surface area contributed by atoms with Crippen LogP contribution in [0.4, 0.5) is 0 Å². The van der Waals surface area contributed by atoms with Gasteiger partial charge in [-0.1, -0.05) is 24.6 Å². The zero-order valence-corrected chi connectivity index (χ0v) is 11.5. The molecule has 0 saturated heterocycles. The fraction of sp³-hybridized carbons (Fsp3) is 0.455. The van der Waals surface area contributed by atoms with Crippen LogP contribution in [0.5, 0.6) is 0 Å². The number of nitrogens with zero attached hydrogens (tertiary/aromatic N) is 1. The molecule has 1 aromatic carbocycles. The molecular weight excluding hydrogens is 254 g/mol. The summed E-state index contributed by atoms with van der Waals surface area (Å²) >= 11 is 0. The smallest absolute Gasteiger partial charge is 0.294 e. The molecule has 0 bridgehead atoms. The monoisotopic (exact) mass is 275 g/mol. The maximum absolute atomic E-state index is 10.5. The van der Waals surface area contributed by atoms with Crippen LogP contribution in [0, 0.1) is 6.92 Å².